The Balaban J connectivity index is 1.97. The van der Waals surface area contributed by atoms with Gasteiger partial charge in [0.2, 0.25) is 5.28 Å². The third-order valence-corrected chi connectivity index (χ3v) is 5.98. The molecule has 3 rings (SSSR count). The number of halogens is 1. The molecule has 0 amide bonds. The Morgan fingerprint density at radius 3 is 2.59 bits per heavy atom. The lowest BCUT2D eigenvalue weighted by Gasteiger charge is -2.30. The second-order valence-electron chi connectivity index (χ2n) is 7.01. The van der Waals surface area contributed by atoms with Gasteiger partial charge in [-0.15, -0.1) is 0 Å². The summed E-state index contributed by atoms with van der Waals surface area (Å²) in [6, 6.07) is -0.405. The van der Waals surface area contributed by atoms with Crippen molar-refractivity contribution < 1.29 is 37.8 Å². The van der Waals surface area contributed by atoms with Crippen molar-refractivity contribution in [2.45, 2.75) is 31.9 Å². The summed E-state index contributed by atoms with van der Waals surface area (Å²) in [5, 5.41) is 2.85. The fourth-order valence-electron chi connectivity index (χ4n) is 3.55. The fourth-order valence-corrected chi connectivity index (χ4v) is 4.85. The van der Waals surface area contributed by atoms with Crippen LogP contribution in [0.15, 0.2) is 6.33 Å². The Labute approximate surface area is 169 Å². The zero-order chi connectivity index (χ0) is 21.6. The van der Waals surface area contributed by atoms with Gasteiger partial charge in [0.05, 0.1) is 19.0 Å². The number of nitrogens with zero attached hydrogens (tertiary/aromatic N) is 4. The molecule has 1 fully saturated rings. The average Bonchev–Trinajstić information content (AvgIpc) is 3.12. The largest absolute Gasteiger partial charge is 0.469 e. The maximum atomic E-state index is 11.4. The molecule has 1 aliphatic carbocycles. The Bertz CT molecular complexity index is 1010. The Kier molecular flexibility index (Phi) is 6.10. The lowest BCUT2D eigenvalue weighted by atomic mass is 9.87. The average molecular weight is 472 g/mol. The molecule has 0 saturated heterocycles. The molecule has 16 heteroatoms. The van der Waals surface area contributed by atoms with Crippen LogP contribution < -0.4 is 5.32 Å². The van der Waals surface area contributed by atoms with Crippen molar-refractivity contribution in [3.05, 3.63) is 11.6 Å². The summed E-state index contributed by atoms with van der Waals surface area (Å²) in [5.41, 5.74) is -0.259. The van der Waals surface area contributed by atoms with Crippen molar-refractivity contribution in [3.63, 3.8) is 0 Å². The highest BCUT2D eigenvalue weighted by Crippen LogP contribution is 2.54. The first kappa shape index (κ1) is 22.5. The fraction of sp³-hybridized carbons (Fsp3) is 0.615. The van der Waals surface area contributed by atoms with Crippen LogP contribution in [0.3, 0.4) is 0 Å². The molecule has 0 aromatic carbocycles. The van der Waals surface area contributed by atoms with Gasteiger partial charge >= 0.3 is 15.6 Å². The third kappa shape index (κ3) is 5.13. The quantitative estimate of drug-likeness (QED) is 0.289. The summed E-state index contributed by atoms with van der Waals surface area (Å²) in [5.74, 6) is 0.410. The third-order valence-electron chi connectivity index (χ3n) is 4.82. The molecular weight excluding hydrogens is 452 g/mol. The molecule has 5 N–H and O–H groups in total. The van der Waals surface area contributed by atoms with E-state index < -0.39 is 39.8 Å². The number of phosphoric ester groups is 2. The predicted octanol–water partition coefficient (Wildman–Crippen LogP) is 1.45. The molecule has 1 aliphatic rings. The zero-order valence-corrected chi connectivity index (χ0v) is 17.9. The zero-order valence-electron chi connectivity index (χ0n) is 15.3. The molecule has 162 valence electrons. The van der Waals surface area contributed by atoms with Crippen LogP contribution in [0.4, 0.5) is 5.82 Å². The van der Waals surface area contributed by atoms with Crippen LogP contribution in [-0.4, -0.2) is 58.9 Å². The second-order valence-corrected chi connectivity index (χ2v) is 9.78. The normalized spacial score (nSPS) is 25.6. The number of nitrogens with one attached hydrogen (secondary N) is 1. The standard InChI is InChI=1S/C13H20ClN5O8P2/c1-13(5-26-28(20,21)22)4-7(3-8(13)27-29(23,24)25)19-6-16-9-10(15-2)17-12(14)18-11(9)19/h6-8H,3-5H2,1-2H3,(H,15,17,18)(H2,20,21,22)(H2,23,24,25)/t7-,8-,13+/m0/s1. The molecule has 0 aliphatic heterocycles. The van der Waals surface area contributed by atoms with E-state index in [-0.39, 0.29) is 18.1 Å². The predicted molar refractivity (Wildman–Crippen MR) is 101 cm³/mol. The smallest absolute Gasteiger partial charge is 0.371 e. The minimum absolute atomic E-state index is 0.0165. The molecule has 0 bridgehead atoms. The molecule has 3 atom stereocenters. The number of imidazole rings is 1. The van der Waals surface area contributed by atoms with Gasteiger partial charge in [-0.1, -0.05) is 6.92 Å². The van der Waals surface area contributed by atoms with Crippen molar-refractivity contribution in [2.24, 2.45) is 5.41 Å². The highest BCUT2D eigenvalue weighted by Gasteiger charge is 2.49. The first-order valence-electron chi connectivity index (χ1n) is 8.33. The lowest BCUT2D eigenvalue weighted by Crippen LogP contribution is -2.33. The van der Waals surface area contributed by atoms with Gasteiger partial charge in [-0.2, -0.15) is 9.97 Å². The van der Waals surface area contributed by atoms with Crippen LogP contribution >= 0.6 is 27.2 Å². The van der Waals surface area contributed by atoms with Crippen LogP contribution in [0.2, 0.25) is 5.28 Å². The van der Waals surface area contributed by atoms with E-state index in [9.17, 15) is 18.9 Å². The summed E-state index contributed by atoms with van der Waals surface area (Å²) in [4.78, 5) is 49.1. The van der Waals surface area contributed by atoms with Crippen molar-refractivity contribution in [1.29, 1.82) is 0 Å². The maximum absolute atomic E-state index is 11.4. The van der Waals surface area contributed by atoms with E-state index in [2.05, 4.69) is 24.8 Å². The summed E-state index contributed by atoms with van der Waals surface area (Å²) < 4.78 is 33.8. The van der Waals surface area contributed by atoms with Crippen molar-refractivity contribution in [1.82, 2.24) is 19.5 Å². The summed E-state index contributed by atoms with van der Waals surface area (Å²) >= 11 is 5.97. The topological polar surface area (TPSA) is 189 Å². The van der Waals surface area contributed by atoms with Gasteiger partial charge in [0.1, 0.15) is 0 Å². The number of rotatable bonds is 7. The van der Waals surface area contributed by atoms with Crippen LogP contribution in [0.5, 0.6) is 0 Å². The first-order chi connectivity index (χ1) is 13.3. The van der Waals surface area contributed by atoms with Gasteiger partial charge in [-0.25, -0.2) is 14.1 Å². The molecule has 2 aromatic rings. The van der Waals surface area contributed by atoms with E-state index in [1.54, 1.807) is 18.5 Å². The summed E-state index contributed by atoms with van der Waals surface area (Å²) in [6.45, 7) is 1.10. The van der Waals surface area contributed by atoms with Gasteiger partial charge < -0.3 is 29.5 Å². The van der Waals surface area contributed by atoms with Crippen LogP contribution in [-0.2, 0) is 18.2 Å². The van der Waals surface area contributed by atoms with Gasteiger partial charge in [-0.05, 0) is 24.4 Å². The van der Waals surface area contributed by atoms with Crippen LogP contribution in [0, 0.1) is 5.41 Å². The van der Waals surface area contributed by atoms with Crippen molar-refractivity contribution >= 4 is 44.2 Å². The van der Waals surface area contributed by atoms with Gasteiger partial charge in [0.15, 0.2) is 17.0 Å². The van der Waals surface area contributed by atoms with Crippen LogP contribution in [0.25, 0.3) is 11.2 Å². The number of aromatic nitrogens is 4. The highest BCUT2D eigenvalue weighted by molar-refractivity contribution is 7.46. The minimum Gasteiger partial charge on any atom is -0.371 e. The molecular formula is C13H20ClN5O8P2. The van der Waals surface area contributed by atoms with Gasteiger partial charge in [0.25, 0.3) is 0 Å². The molecule has 0 unspecified atom stereocenters. The van der Waals surface area contributed by atoms with E-state index in [1.165, 1.54) is 6.33 Å². The Morgan fingerprint density at radius 2 is 2.00 bits per heavy atom. The number of phosphoric acid groups is 2. The highest BCUT2D eigenvalue weighted by atomic mass is 35.5. The molecule has 1 saturated carbocycles. The molecule has 0 radical (unpaired) electrons. The molecule has 13 nitrogen and oxygen atoms in total. The minimum atomic E-state index is -4.86. The molecule has 29 heavy (non-hydrogen) atoms. The number of hydrogen-bond donors (Lipinski definition) is 5. The Morgan fingerprint density at radius 1 is 1.31 bits per heavy atom. The number of hydrogen-bond acceptors (Lipinski definition) is 8. The van der Waals surface area contributed by atoms with E-state index in [0.29, 0.717) is 17.0 Å². The number of fused-ring (bicyclic) bond motifs is 1. The van der Waals surface area contributed by atoms with Crippen LogP contribution in [0.1, 0.15) is 25.8 Å². The van der Waals surface area contributed by atoms with Gasteiger partial charge in [0, 0.05) is 18.5 Å². The molecule has 2 aromatic heterocycles. The monoisotopic (exact) mass is 471 g/mol. The summed E-state index contributed by atoms with van der Waals surface area (Å²) in [7, 11) is -8.01. The number of anilines is 1. The lowest BCUT2D eigenvalue weighted by molar-refractivity contribution is 0.0168. The van der Waals surface area contributed by atoms with Gasteiger partial charge in [-0.3, -0.25) is 9.05 Å². The molecule has 2 heterocycles. The van der Waals surface area contributed by atoms with E-state index in [1.807, 2.05) is 0 Å². The Hall–Kier alpha value is -1.14. The van der Waals surface area contributed by atoms with E-state index in [0.717, 1.165) is 0 Å². The molecule has 0 spiro atoms. The first-order valence-corrected chi connectivity index (χ1v) is 11.8. The van der Waals surface area contributed by atoms with E-state index >= 15 is 0 Å². The maximum Gasteiger partial charge on any atom is 0.469 e. The van der Waals surface area contributed by atoms with Crippen molar-refractivity contribution in [2.75, 3.05) is 19.0 Å². The summed E-state index contributed by atoms with van der Waals surface area (Å²) in [6.07, 6.45) is 0.789. The van der Waals surface area contributed by atoms with Crippen molar-refractivity contribution in [3.8, 4) is 0 Å². The second kappa shape index (κ2) is 7.84. The van der Waals surface area contributed by atoms with E-state index in [4.69, 9.17) is 25.9 Å². The SMILES string of the molecule is CNc1nc(Cl)nc2c1ncn2[C@H]1C[C@H](OP(=O)(O)O)[C@@](C)(COP(=O)(O)O)C1.